The van der Waals surface area contributed by atoms with Crippen LogP contribution in [0, 0.1) is 0 Å². The number of nitrogens with zero attached hydrogens (tertiary/aromatic N) is 2. The average molecular weight is 286 g/mol. The molecule has 0 saturated heterocycles. The van der Waals surface area contributed by atoms with Crippen LogP contribution in [0.15, 0.2) is 72.0 Å². The molecular formula is C18H14N4. The van der Waals surface area contributed by atoms with Crippen molar-refractivity contribution in [3.05, 3.63) is 72.6 Å². The lowest BCUT2D eigenvalue weighted by Crippen LogP contribution is -1.92. The summed E-state index contributed by atoms with van der Waals surface area (Å²) < 4.78 is 0. The molecule has 106 valence electrons. The number of fused-ring (bicyclic) bond motifs is 3. The van der Waals surface area contributed by atoms with Gasteiger partial charge < -0.3 is 4.98 Å². The minimum Gasteiger partial charge on any atom is -0.353 e. The lowest BCUT2D eigenvalue weighted by atomic mass is 10.2. The third-order valence-electron chi connectivity index (χ3n) is 3.58. The van der Waals surface area contributed by atoms with Crippen molar-refractivity contribution in [2.45, 2.75) is 0 Å². The molecule has 0 radical (unpaired) electrons. The van der Waals surface area contributed by atoms with E-state index in [-0.39, 0.29) is 0 Å². The Morgan fingerprint density at radius 3 is 2.64 bits per heavy atom. The molecule has 0 spiro atoms. The van der Waals surface area contributed by atoms with E-state index in [2.05, 4.69) is 32.6 Å². The van der Waals surface area contributed by atoms with Crippen molar-refractivity contribution in [1.82, 2.24) is 9.97 Å². The van der Waals surface area contributed by atoms with Gasteiger partial charge in [0, 0.05) is 16.3 Å². The number of aromatic amines is 1. The summed E-state index contributed by atoms with van der Waals surface area (Å²) in [5, 5.41) is 6.59. The first-order valence-corrected chi connectivity index (χ1v) is 7.11. The molecule has 0 fully saturated rings. The van der Waals surface area contributed by atoms with E-state index in [1.54, 1.807) is 6.21 Å². The van der Waals surface area contributed by atoms with E-state index in [4.69, 9.17) is 0 Å². The maximum Gasteiger partial charge on any atom is 0.0838 e. The number of benzene rings is 2. The lowest BCUT2D eigenvalue weighted by Gasteiger charge is -1.98. The quantitative estimate of drug-likeness (QED) is 0.439. The van der Waals surface area contributed by atoms with Crippen LogP contribution in [0.1, 0.15) is 5.69 Å². The van der Waals surface area contributed by atoms with Crippen molar-refractivity contribution in [1.29, 1.82) is 0 Å². The number of aromatic nitrogens is 2. The fourth-order valence-electron chi connectivity index (χ4n) is 2.52. The number of H-pyrrole nitrogens is 1. The minimum atomic E-state index is 0.820. The fourth-order valence-corrected chi connectivity index (χ4v) is 2.52. The normalized spacial score (nSPS) is 11.5. The predicted octanol–water partition coefficient (Wildman–Crippen LogP) is 4.16. The maximum atomic E-state index is 4.41. The van der Waals surface area contributed by atoms with Crippen molar-refractivity contribution < 1.29 is 0 Å². The molecule has 4 rings (SSSR count). The van der Waals surface area contributed by atoms with Crippen LogP contribution in [0.2, 0.25) is 0 Å². The molecule has 2 heterocycles. The molecule has 4 heteroatoms. The molecule has 4 aromatic rings. The lowest BCUT2D eigenvalue weighted by molar-refractivity contribution is 1.29. The van der Waals surface area contributed by atoms with Crippen LogP contribution >= 0.6 is 0 Å². The number of rotatable bonds is 3. The third-order valence-corrected chi connectivity index (χ3v) is 3.58. The Labute approximate surface area is 127 Å². The zero-order chi connectivity index (χ0) is 14.8. The van der Waals surface area contributed by atoms with Crippen molar-refractivity contribution in [3.8, 4) is 0 Å². The average Bonchev–Trinajstić information content (AvgIpc) is 2.94. The van der Waals surface area contributed by atoms with Gasteiger partial charge >= 0.3 is 0 Å². The fraction of sp³-hybridized carbons (Fsp3) is 0. The van der Waals surface area contributed by atoms with Gasteiger partial charge in [-0.15, -0.1) is 0 Å². The molecule has 0 amide bonds. The smallest absolute Gasteiger partial charge is 0.0838 e. The highest BCUT2D eigenvalue weighted by Gasteiger charge is 2.04. The Balaban J connectivity index is 1.66. The van der Waals surface area contributed by atoms with Crippen LogP contribution in [-0.2, 0) is 0 Å². The molecule has 0 atom stereocenters. The Morgan fingerprint density at radius 1 is 0.909 bits per heavy atom. The Kier molecular flexibility index (Phi) is 3.05. The number of hydrazone groups is 1. The molecule has 2 N–H and O–H groups in total. The van der Waals surface area contributed by atoms with E-state index in [1.165, 1.54) is 5.39 Å². The van der Waals surface area contributed by atoms with Crippen LogP contribution in [0.4, 0.5) is 5.69 Å². The van der Waals surface area contributed by atoms with Gasteiger partial charge in [-0.3, -0.25) is 10.4 Å². The van der Waals surface area contributed by atoms with Gasteiger partial charge in [-0.25, -0.2) is 0 Å². The molecule has 0 aliphatic rings. The summed E-state index contributed by atoms with van der Waals surface area (Å²) in [6, 6.07) is 20.1. The molecule has 2 aromatic heterocycles. The van der Waals surface area contributed by atoms with Crippen LogP contribution in [0.3, 0.4) is 0 Å². The van der Waals surface area contributed by atoms with Crippen molar-refractivity contribution >= 4 is 33.7 Å². The largest absolute Gasteiger partial charge is 0.353 e. The summed E-state index contributed by atoms with van der Waals surface area (Å²) in [5.74, 6) is 0. The van der Waals surface area contributed by atoms with Gasteiger partial charge in [-0.2, -0.15) is 5.10 Å². The zero-order valence-electron chi connectivity index (χ0n) is 11.8. The summed E-state index contributed by atoms with van der Waals surface area (Å²) in [7, 11) is 0. The molecular weight excluding hydrogens is 272 g/mol. The topological polar surface area (TPSA) is 53.1 Å². The van der Waals surface area contributed by atoms with Crippen molar-refractivity contribution in [2.75, 3.05) is 5.43 Å². The van der Waals surface area contributed by atoms with Crippen LogP contribution in [0.5, 0.6) is 0 Å². The van der Waals surface area contributed by atoms with Gasteiger partial charge in [0.15, 0.2) is 0 Å². The maximum absolute atomic E-state index is 4.41. The summed E-state index contributed by atoms with van der Waals surface area (Å²) in [6.45, 7) is 0. The van der Waals surface area contributed by atoms with Gasteiger partial charge in [-0.05, 0) is 24.3 Å². The number of hydrogen-bond donors (Lipinski definition) is 2. The van der Waals surface area contributed by atoms with Gasteiger partial charge in [0.25, 0.3) is 0 Å². The molecule has 0 aliphatic carbocycles. The molecule has 22 heavy (non-hydrogen) atoms. The molecule has 0 bridgehead atoms. The SMILES string of the molecule is C(=N\Nc1ccccc1)/c1cc2c(cn1)[nH]c1ccccc12. The van der Waals surface area contributed by atoms with Gasteiger partial charge in [-0.1, -0.05) is 36.4 Å². The van der Waals surface area contributed by atoms with Gasteiger partial charge in [0.05, 0.1) is 29.3 Å². The number of anilines is 1. The van der Waals surface area contributed by atoms with E-state index in [0.717, 1.165) is 27.8 Å². The molecule has 0 unspecified atom stereocenters. The monoisotopic (exact) mass is 286 g/mol. The minimum absolute atomic E-state index is 0.820. The Morgan fingerprint density at radius 2 is 1.73 bits per heavy atom. The first kappa shape index (κ1) is 12.6. The van der Waals surface area contributed by atoms with Crippen LogP contribution in [-0.4, -0.2) is 16.2 Å². The molecule has 0 aliphatic heterocycles. The van der Waals surface area contributed by atoms with Crippen LogP contribution < -0.4 is 5.43 Å². The van der Waals surface area contributed by atoms with E-state index >= 15 is 0 Å². The summed E-state index contributed by atoms with van der Waals surface area (Å²) in [5.41, 5.74) is 6.92. The first-order valence-electron chi connectivity index (χ1n) is 7.11. The number of hydrogen-bond acceptors (Lipinski definition) is 3. The van der Waals surface area contributed by atoms with Crippen LogP contribution in [0.25, 0.3) is 21.8 Å². The van der Waals surface area contributed by atoms with E-state index in [0.29, 0.717) is 0 Å². The summed E-state index contributed by atoms with van der Waals surface area (Å²) in [6.07, 6.45) is 3.58. The Bertz CT molecular complexity index is 955. The first-order chi connectivity index (χ1) is 10.9. The van der Waals surface area contributed by atoms with E-state index < -0.39 is 0 Å². The predicted molar refractivity (Wildman–Crippen MR) is 91.3 cm³/mol. The standard InChI is InChI=1S/C18H14N4/c1-2-6-13(7-3-1)22-20-11-14-10-16-15-8-4-5-9-17(15)21-18(16)12-19-14/h1-12,21-22H/b20-11+. The van der Waals surface area contributed by atoms with E-state index in [9.17, 15) is 0 Å². The summed E-state index contributed by atoms with van der Waals surface area (Å²) >= 11 is 0. The zero-order valence-corrected chi connectivity index (χ0v) is 11.8. The third kappa shape index (κ3) is 2.31. The second-order valence-corrected chi connectivity index (χ2v) is 5.06. The second kappa shape index (κ2) is 5.33. The molecule has 4 nitrogen and oxygen atoms in total. The number of pyridine rings is 1. The number of nitrogens with one attached hydrogen (secondary N) is 2. The van der Waals surface area contributed by atoms with E-state index in [1.807, 2.05) is 54.7 Å². The summed E-state index contributed by atoms with van der Waals surface area (Å²) in [4.78, 5) is 7.78. The highest BCUT2D eigenvalue weighted by atomic mass is 15.3. The van der Waals surface area contributed by atoms with Crippen molar-refractivity contribution in [3.63, 3.8) is 0 Å². The Hall–Kier alpha value is -3.14. The molecule has 0 saturated carbocycles. The highest BCUT2D eigenvalue weighted by molar-refractivity contribution is 6.08. The molecule has 2 aromatic carbocycles. The van der Waals surface area contributed by atoms with Gasteiger partial charge in [0.2, 0.25) is 0 Å². The van der Waals surface area contributed by atoms with Gasteiger partial charge in [0.1, 0.15) is 0 Å². The van der Waals surface area contributed by atoms with Crippen molar-refractivity contribution in [2.24, 2.45) is 5.10 Å². The highest BCUT2D eigenvalue weighted by Crippen LogP contribution is 2.24. The number of para-hydroxylation sites is 2. The second-order valence-electron chi connectivity index (χ2n) is 5.06.